The molecule has 21 unspecified atom stereocenters. The zero-order valence-electron chi connectivity index (χ0n) is 31.8. The molecule has 0 aromatic carbocycles. The van der Waals surface area contributed by atoms with Gasteiger partial charge in [0, 0.05) is 24.2 Å². The van der Waals surface area contributed by atoms with Gasteiger partial charge in [-0.3, -0.25) is 4.55 Å². The van der Waals surface area contributed by atoms with E-state index in [0.29, 0.717) is 30.1 Å². The largest absolute Gasteiger partial charge is 0.397 e. The molecule has 0 amide bonds. The molecule has 0 aromatic rings. The molecule has 8 rings (SSSR count). The molecule has 54 heavy (non-hydrogen) atoms. The molecule has 0 aromatic heterocycles. The number of hydrogen-bond acceptors (Lipinski definition) is 14. The normalized spacial score (nSPS) is 56.1. The molecule has 21 atom stereocenters. The lowest BCUT2D eigenvalue weighted by molar-refractivity contribution is -0.361. The van der Waals surface area contributed by atoms with Crippen molar-refractivity contribution in [1.29, 1.82) is 0 Å². The van der Waals surface area contributed by atoms with Crippen LogP contribution >= 0.6 is 0 Å². The first-order valence-corrected chi connectivity index (χ1v) is 21.4. The van der Waals surface area contributed by atoms with Crippen LogP contribution in [0.5, 0.6) is 0 Å². The highest BCUT2D eigenvalue weighted by molar-refractivity contribution is 7.80. The first kappa shape index (κ1) is 40.0. The molecular formula is C38H60O15S. The van der Waals surface area contributed by atoms with Crippen molar-refractivity contribution in [3.63, 3.8) is 0 Å². The fourth-order valence-electron chi connectivity index (χ4n) is 12.6. The molecule has 4 heterocycles. The Bertz CT molecular complexity index is 1540. The quantitative estimate of drug-likeness (QED) is 0.167. The Morgan fingerprint density at radius 3 is 2.33 bits per heavy atom. The summed E-state index contributed by atoms with van der Waals surface area (Å²) < 4.78 is 75.4. The third-order valence-corrected chi connectivity index (χ3v) is 16.0. The fourth-order valence-corrected chi connectivity index (χ4v) is 13.1. The Morgan fingerprint density at radius 2 is 1.63 bits per heavy atom. The average molecular weight is 789 g/mol. The van der Waals surface area contributed by atoms with Gasteiger partial charge in [-0.15, -0.1) is 0 Å². The number of aliphatic hydroxyl groups is 5. The van der Waals surface area contributed by atoms with Crippen LogP contribution in [0.1, 0.15) is 86.0 Å². The van der Waals surface area contributed by atoms with Crippen molar-refractivity contribution in [2.45, 2.75) is 165 Å². The van der Waals surface area contributed by atoms with Crippen molar-refractivity contribution in [2.75, 3.05) is 13.2 Å². The van der Waals surface area contributed by atoms with E-state index in [1.54, 1.807) is 0 Å². The van der Waals surface area contributed by atoms with Crippen LogP contribution in [-0.4, -0.2) is 131 Å². The second-order valence-corrected chi connectivity index (χ2v) is 19.4. The van der Waals surface area contributed by atoms with E-state index >= 15 is 0 Å². The minimum Gasteiger partial charge on any atom is -0.393 e. The van der Waals surface area contributed by atoms with E-state index in [-0.39, 0.29) is 29.8 Å². The summed E-state index contributed by atoms with van der Waals surface area (Å²) >= 11 is 0. The molecule has 16 heteroatoms. The van der Waals surface area contributed by atoms with Crippen molar-refractivity contribution in [2.24, 2.45) is 46.3 Å². The number of ether oxygens (including phenoxy) is 6. The Balaban J connectivity index is 1.05. The smallest absolute Gasteiger partial charge is 0.393 e. The molecule has 7 fully saturated rings. The number of fused-ring (bicyclic) bond motifs is 7. The maximum absolute atomic E-state index is 11.7. The molecule has 3 saturated carbocycles. The van der Waals surface area contributed by atoms with Gasteiger partial charge in [0.1, 0.15) is 36.6 Å². The van der Waals surface area contributed by atoms with E-state index in [2.05, 4.69) is 33.8 Å². The zero-order valence-corrected chi connectivity index (χ0v) is 32.6. The molecule has 308 valence electrons. The first-order chi connectivity index (χ1) is 25.4. The van der Waals surface area contributed by atoms with Crippen molar-refractivity contribution in [3.8, 4) is 0 Å². The van der Waals surface area contributed by atoms with E-state index in [0.717, 1.165) is 50.7 Å². The van der Waals surface area contributed by atoms with Gasteiger partial charge in [-0.05, 0) is 80.5 Å². The zero-order chi connectivity index (χ0) is 38.7. The van der Waals surface area contributed by atoms with Crippen molar-refractivity contribution < 1.29 is 71.1 Å². The summed E-state index contributed by atoms with van der Waals surface area (Å²) in [7, 11) is -5.02. The second-order valence-electron chi connectivity index (χ2n) is 18.4. The van der Waals surface area contributed by atoms with E-state index in [9.17, 15) is 38.5 Å². The first-order valence-electron chi connectivity index (χ1n) is 20.0. The van der Waals surface area contributed by atoms with Crippen LogP contribution in [0, 0.1) is 46.3 Å². The average Bonchev–Trinajstić information content (AvgIpc) is 3.55. The van der Waals surface area contributed by atoms with E-state index < -0.39 is 95.7 Å². The summed E-state index contributed by atoms with van der Waals surface area (Å²) in [6.07, 6.45) is -5.93. The van der Waals surface area contributed by atoms with Gasteiger partial charge in [-0.25, -0.2) is 4.18 Å². The molecule has 15 nitrogen and oxygen atoms in total. The number of allylic oxidation sites excluding steroid dienone is 1. The van der Waals surface area contributed by atoms with Crippen LogP contribution < -0.4 is 0 Å². The summed E-state index contributed by atoms with van der Waals surface area (Å²) in [5.74, 6) is 1.65. The Labute approximate surface area is 317 Å². The summed E-state index contributed by atoms with van der Waals surface area (Å²) in [4.78, 5) is 0. The molecule has 4 saturated heterocycles. The molecule has 4 aliphatic heterocycles. The Morgan fingerprint density at radius 1 is 0.870 bits per heavy atom. The molecule has 1 spiro atoms. The lowest BCUT2D eigenvalue weighted by Crippen LogP contribution is -2.63. The highest BCUT2D eigenvalue weighted by Gasteiger charge is 2.69. The van der Waals surface area contributed by atoms with E-state index in [1.165, 1.54) is 6.92 Å². The van der Waals surface area contributed by atoms with Crippen LogP contribution in [0.3, 0.4) is 0 Å². The SMILES string of the molecule is CC1CCC2(OC1)OC1CC3C4CC=C5CC(O)CC(OC6OCC(OS(=O)(=O)O)C(O)C6OC6OC(C)C(O)C(O)C6O)C5(C)C4CCC3(C)C1C2C. The van der Waals surface area contributed by atoms with Crippen LogP contribution in [0.25, 0.3) is 0 Å². The third-order valence-electron chi connectivity index (χ3n) is 15.5. The standard InChI is InChI=1S/C38H60O15S/c1-17-8-11-38(48-15-17)18(2)28-25(52-38)14-24-22-7-6-20-12-21(39)13-27(37(20,5)23(22)9-10-36(24,28)4)50-35-33(30(41)26(16-47-35)53-54(44,45)46)51-34-32(43)31(42)29(40)19(3)49-34/h6,17-19,21-35,39-43H,7-16H2,1-5H3,(H,44,45,46). The maximum atomic E-state index is 11.7. The lowest BCUT2D eigenvalue weighted by atomic mass is 9.46. The summed E-state index contributed by atoms with van der Waals surface area (Å²) in [5, 5.41) is 54.1. The number of hydrogen-bond donors (Lipinski definition) is 6. The van der Waals surface area contributed by atoms with Gasteiger partial charge >= 0.3 is 10.4 Å². The maximum Gasteiger partial charge on any atom is 0.397 e. The minimum absolute atomic E-state index is 0.0705. The highest BCUT2D eigenvalue weighted by atomic mass is 32.3. The molecule has 8 aliphatic rings. The van der Waals surface area contributed by atoms with Gasteiger partial charge < -0.3 is 54.0 Å². The van der Waals surface area contributed by atoms with Crippen LogP contribution in [0.2, 0.25) is 0 Å². The predicted octanol–water partition coefficient (Wildman–Crippen LogP) is 1.83. The lowest BCUT2D eigenvalue weighted by Gasteiger charge is -2.60. The minimum atomic E-state index is -5.02. The fraction of sp³-hybridized carbons (Fsp3) is 0.947. The number of aliphatic hydroxyl groups excluding tert-OH is 5. The monoisotopic (exact) mass is 788 g/mol. The van der Waals surface area contributed by atoms with E-state index in [1.807, 2.05) is 0 Å². The van der Waals surface area contributed by atoms with Gasteiger partial charge in [0.2, 0.25) is 0 Å². The Hall–Kier alpha value is -0.830. The molecule has 0 radical (unpaired) electrons. The highest BCUT2D eigenvalue weighted by Crippen LogP contribution is 2.71. The van der Waals surface area contributed by atoms with Crippen LogP contribution in [-0.2, 0) is 43.0 Å². The predicted molar refractivity (Wildman–Crippen MR) is 187 cm³/mol. The molecule has 4 aliphatic carbocycles. The van der Waals surface area contributed by atoms with Gasteiger partial charge in [-0.2, -0.15) is 8.42 Å². The molecule has 0 bridgehead atoms. The van der Waals surface area contributed by atoms with Crippen molar-refractivity contribution in [1.82, 2.24) is 0 Å². The van der Waals surface area contributed by atoms with E-state index in [4.69, 9.17) is 32.6 Å². The van der Waals surface area contributed by atoms with Gasteiger partial charge in [-0.1, -0.05) is 39.3 Å². The van der Waals surface area contributed by atoms with Gasteiger partial charge in [0.05, 0.1) is 37.6 Å². The molecule has 6 N–H and O–H groups in total. The Kier molecular flexibility index (Phi) is 10.5. The van der Waals surface area contributed by atoms with Gasteiger partial charge in [0.25, 0.3) is 0 Å². The number of rotatable bonds is 6. The third kappa shape index (κ3) is 6.46. The topological polar surface area (TPSA) is 220 Å². The summed E-state index contributed by atoms with van der Waals surface area (Å²) in [6, 6.07) is 0. The van der Waals surface area contributed by atoms with Crippen LogP contribution in [0.15, 0.2) is 11.6 Å². The van der Waals surface area contributed by atoms with Crippen LogP contribution in [0.4, 0.5) is 0 Å². The van der Waals surface area contributed by atoms with Crippen molar-refractivity contribution in [3.05, 3.63) is 11.6 Å². The molecular weight excluding hydrogens is 728 g/mol. The van der Waals surface area contributed by atoms with Gasteiger partial charge in [0.15, 0.2) is 18.4 Å². The summed E-state index contributed by atoms with van der Waals surface area (Å²) in [6.45, 7) is 10.9. The van der Waals surface area contributed by atoms with Crippen molar-refractivity contribution >= 4 is 10.4 Å². The summed E-state index contributed by atoms with van der Waals surface area (Å²) in [5.41, 5.74) is 0.649. The second kappa shape index (κ2) is 14.2.